The fraction of sp³-hybridized carbons (Fsp3) is 0.532. The summed E-state index contributed by atoms with van der Waals surface area (Å²) in [5.41, 5.74) is 15.0. The Labute approximate surface area is 458 Å². The third kappa shape index (κ3) is 11.4. The summed E-state index contributed by atoms with van der Waals surface area (Å²) in [5, 5.41) is 7.93. The molecular formula is C62H82N8O5S2. The van der Waals surface area contributed by atoms with Crippen LogP contribution in [0.2, 0.25) is 0 Å². The number of nitrogens with one attached hydrogen (secondary N) is 1. The van der Waals surface area contributed by atoms with Crippen LogP contribution in [0.25, 0.3) is 44.3 Å². The van der Waals surface area contributed by atoms with Crippen molar-refractivity contribution in [3.05, 3.63) is 95.1 Å². The lowest BCUT2D eigenvalue weighted by Crippen LogP contribution is -2.38. The molecule has 6 aliphatic rings. The SMILES string of the molecule is CC(=O)NS(=O)(=O)c1ccc2c(C3CCCCC3)c3n(c2c1)CCN(CCN1CCCCC1)c1cc(C)ccc1-3.Cc1ccc2c(c1)N(CCN1CCCCC1)CCn1c-2c(C2CCCCC2)c2ccc(S(N)(=O)=O)cc21. The second-order valence-corrected chi connectivity index (χ2v) is 26.6. The molecule has 2 saturated carbocycles. The number of anilines is 2. The largest absolute Gasteiger partial charge is 0.368 e. The average molecular weight is 1080 g/mol. The molecule has 6 aromatic rings. The topological polar surface area (TPSA) is 146 Å². The van der Waals surface area contributed by atoms with Gasteiger partial charge in [-0.1, -0.05) is 87.8 Å². The van der Waals surface area contributed by atoms with E-state index in [0.717, 1.165) is 81.6 Å². The van der Waals surface area contributed by atoms with Crippen molar-refractivity contribution < 1.29 is 21.6 Å². The molecule has 412 valence electrons. The number of hydrogen-bond donors (Lipinski definition) is 2. The smallest absolute Gasteiger partial charge is 0.264 e. The minimum Gasteiger partial charge on any atom is -0.368 e. The van der Waals surface area contributed by atoms with Crippen molar-refractivity contribution in [2.24, 2.45) is 5.14 Å². The van der Waals surface area contributed by atoms with Gasteiger partial charge in [0.1, 0.15) is 0 Å². The van der Waals surface area contributed by atoms with Crippen LogP contribution in [0, 0.1) is 13.8 Å². The quantitative estimate of drug-likeness (QED) is 0.129. The number of carbonyl (C=O) groups excluding carboxylic acids is 1. The molecule has 4 aromatic carbocycles. The highest BCUT2D eigenvalue weighted by molar-refractivity contribution is 7.90. The van der Waals surface area contributed by atoms with Gasteiger partial charge in [0.2, 0.25) is 15.9 Å². The predicted molar refractivity (Wildman–Crippen MR) is 313 cm³/mol. The van der Waals surface area contributed by atoms with Crippen molar-refractivity contribution in [3.63, 3.8) is 0 Å². The molecule has 2 aromatic heterocycles. The van der Waals surface area contributed by atoms with Gasteiger partial charge in [-0.25, -0.2) is 26.7 Å². The van der Waals surface area contributed by atoms with Crippen molar-refractivity contribution in [2.75, 3.05) is 75.2 Å². The Bertz CT molecular complexity index is 3360. The van der Waals surface area contributed by atoms with Crippen LogP contribution in [0.5, 0.6) is 0 Å². The summed E-state index contributed by atoms with van der Waals surface area (Å²) in [4.78, 5) is 22.3. The van der Waals surface area contributed by atoms with E-state index in [0.29, 0.717) is 11.8 Å². The van der Waals surface area contributed by atoms with Gasteiger partial charge < -0.3 is 28.7 Å². The zero-order valence-electron chi connectivity index (χ0n) is 46.0. The normalized spacial score (nSPS) is 19.2. The Morgan fingerprint density at radius 1 is 0.506 bits per heavy atom. The highest BCUT2D eigenvalue weighted by Crippen LogP contribution is 2.50. The fourth-order valence-corrected chi connectivity index (χ4v) is 15.7. The van der Waals surface area contributed by atoms with Gasteiger partial charge in [-0.2, -0.15) is 0 Å². The molecule has 0 unspecified atom stereocenters. The maximum atomic E-state index is 13.0. The van der Waals surface area contributed by atoms with Crippen LogP contribution in [-0.2, 0) is 37.9 Å². The monoisotopic (exact) mass is 1080 g/mol. The first-order valence-corrected chi connectivity index (χ1v) is 32.3. The molecule has 1 amide bonds. The molecule has 0 radical (unpaired) electrons. The van der Waals surface area contributed by atoms with Crippen LogP contribution in [0.15, 0.2) is 82.6 Å². The molecule has 4 fully saturated rings. The van der Waals surface area contributed by atoms with Crippen LogP contribution < -0.4 is 19.7 Å². The van der Waals surface area contributed by atoms with Crippen molar-refractivity contribution in [3.8, 4) is 22.5 Å². The van der Waals surface area contributed by atoms with Crippen LogP contribution in [0.1, 0.15) is 144 Å². The van der Waals surface area contributed by atoms with Crippen molar-refractivity contribution in [1.29, 1.82) is 0 Å². The second-order valence-electron chi connectivity index (χ2n) is 23.4. The Morgan fingerprint density at radius 2 is 0.922 bits per heavy atom. The molecular weight excluding hydrogens is 1000 g/mol. The van der Waals surface area contributed by atoms with E-state index in [1.165, 1.54) is 185 Å². The van der Waals surface area contributed by atoms with E-state index >= 15 is 0 Å². The number of aryl methyl sites for hydroxylation is 2. The zero-order valence-corrected chi connectivity index (χ0v) is 47.6. The molecule has 0 bridgehead atoms. The third-order valence-corrected chi connectivity index (χ3v) is 20.4. The molecule has 77 heavy (non-hydrogen) atoms. The molecule has 3 N–H and O–H groups in total. The Morgan fingerprint density at radius 3 is 1.35 bits per heavy atom. The van der Waals surface area contributed by atoms with Crippen molar-refractivity contribution in [2.45, 2.75) is 158 Å². The summed E-state index contributed by atoms with van der Waals surface area (Å²) >= 11 is 0. The Hall–Kier alpha value is -5.19. The van der Waals surface area contributed by atoms with Crippen LogP contribution in [0.4, 0.5) is 11.4 Å². The van der Waals surface area contributed by atoms with E-state index in [9.17, 15) is 21.6 Å². The predicted octanol–water partition coefficient (Wildman–Crippen LogP) is 11.4. The number of nitrogens with two attached hydrogens (primary N) is 1. The first-order valence-electron chi connectivity index (χ1n) is 29.3. The number of aromatic nitrogens is 2. The van der Waals surface area contributed by atoms with Crippen LogP contribution in [0.3, 0.4) is 0 Å². The highest BCUT2D eigenvalue weighted by atomic mass is 32.2. The summed E-state index contributed by atoms with van der Waals surface area (Å²) in [7, 11) is -7.70. The third-order valence-electron chi connectivity index (χ3n) is 18.0. The molecule has 4 aliphatic heterocycles. The number of piperidine rings is 2. The number of rotatable bonds is 11. The van der Waals surface area contributed by atoms with Gasteiger partial charge in [0.15, 0.2) is 0 Å². The number of fused-ring (bicyclic) bond motifs is 10. The van der Waals surface area contributed by atoms with E-state index < -0.39 is 26.0 Å². The molecule has 0 spiro atoms. The molecule has 2 aliphatic carbocycles. The van der Waals surface area contributed by atoms with Gasteiger partial charge in [-0.15, -0.1) is 0 Å². The first-order chi connectivity index (χ1) is 37.2. The molecule has 6 heterocycles. The van der Waals surface area contributed by atoms with E-state index in [-0.39, 0.29) is 9.79 Å². The van der Waals surface area contributed by atoms with Crippen molar-refractivity contribution in [1.82, 2.24) is 23.7 Å². The van der Waals surface area contributed by atoms with Gasteiger partial charge in [0.25, 0.3) is 10.0 Å². The highest BCUT2D eigenvalue weighted by Gasteiger charge is 2.34. The first kappa shape index (κ1) is 53.8. The fourth-order valence-electron chi connectivity index (χ4n) is 14.2. The summed E-state index contributed by atoms with van der Waals surface area (Å²) in [5.74, 6) is 0.381. The average Bonchev–Trinajstić information content (AvgIpc) is 4.00. The lowest BCUT2D eigenvalue weighted by molar-refractivity contribution is -0.117. The van der Waals surface area contributed by atoms with E-state index in [1.54, 1.807) is 18.2 Å². The summed E-state index contributed by atoms with van der Waals surface area (Å²) in [6.45, 7) is 17.9. The number of amides is 1. The molecule has 12 rings (SSSR count). The van der Waals surface area contributed by atoms with Gasteiger partial charge in [0.05, 0.1) is 32.2 Å². The number of likely N-dealkylation sites (tertiary alicyclic amines) is 2. The van der Waals surface area contributed by atoms with Gasteiger partial charge >= 0.3 is 0 Å². The number of hydrogen-bond acceptors (Lipinski definition) is 9. The number of sulfonamides is 2. The summed E-state index contributed by atoms with van der Waals surface area (Å²) in [6, 6.07) is 24.7. The van der Waals surface area contributed by atoms with Crippen LogP contribution in [-0.4, -0.2) is 107 Å². The molecule has 0 atom stereocenters. The van der Waals surface area contributed by atoms with E-state index in [4.69, 9.17) is 5.14 Å². The number of nitrogens with zero attached hydrogens (tertiary/aromatic N) is 6. The Kier molecular flexibility index (Phi) is 16.0. The maximum absolute atomic E-state index is 13.0. The van der Waals surface area contributed by atoms with E-state index in [2.05, 4.69) is 83.7 Å². The number of carbonyl (C=O) groups is 1. The van der Waals surface area contributed by atoms with Crippen LogP contribution >= 0.6 is 0 Å². The maximum Gasteiger partial charge on any atom is 0.264 e. The number of benzene rings is 4. The summed E-state index contributed by atoms with van der Waals surface area (Å²) < 4.78 is 57.5. The minimum atomic E-state index is -3.93. The lowest BCUT2D eigenvalue weighted by Gasteiger charge is -2.31. The zero-order chi connectivity index (χ0) is 53.4. The summed E-state index contributed by atoms with van der Waals surface area (Å²) in [6.07, 6.45) is 20.2. The van der Waals surface area contributed by atoms with E-state index in [1.807, 2.05) is 18.2 Å². The standard InChI is InChI=1S/C32H42N4O3S.C30H40N4O2S/c1-23-11-13-28-29(21-23)35(18-17-34-15-7-4-8-16-34)19-20-36-30-22-26(40(38,39)33-24(2)37)12-14-27(30)31(32(28)36)25-9-5-3-6-10-25;1-22-10-12-26-27(20-22)33(17-16-32-14-6-3-7-15-32)18-19-34-28-21-24(37(31,35)36)11-13-25(28)29(30(26)34)23-8-4-2-5-9-23/h11-14,21-22,25H,3-10,15-20H2,1-2H3,(H,33,37);10-13,20-21,23H,2-9,14-19H2,1H3,(H2,31,35,36). The molecule has 15 heteroatoms. The number of primary sulfonamides is 1. The van der Waals surface area contributed by atoms with Crippen molar-refractivity contribution >= 4 is 59.1 Å². The Balaban J connectivity index is 0.000000164. The second kappa shape index (κ2) is 22.9. The molecule has 13 nitrogen and oxygen atoms in total. The lowest BCUT2D eigenvalue weighted by atomic mass is 9.81. The van der Waals surface area contributed by atoms with Gasteiger partial charge in [0, 0.05) is 92.6 Å². The van der Waals surface area contributed by atoms with Gasteiger partial charge in [-0.3, -0.25) is 4.79 Å². The molecule has 2 saturated heterocycles. The van der Waals surface area contributed by atoms with Gasteiger partial charge in [-0.05, 0) is 162 Å². The minimum absolute atomic E-state index is 0.140.